The number of hydrogen-bond acceptors (Lipinski definition) is 7. The largest absolute Gasteiger partial charge is 0.492 e. The van der Waals surface area contributed by atoms with E-state index in [-0.39, 0.29) is 22.1 Å². The Bertz CT molecular complexity index is 1190. The number of ether oxygens (including phenoxy) is 2. The second kappa shape index (κ2) is 10.5. The van der Waals surface area contributed by atoms with Gasteiger partial charge in [-0.05, 0) is 62.2 Å². The zero-order valence-corrected chi connectivity index (χ0v) is 20.2. The monoisotopic (exact) mass is 496 g/mol. The van der Waals surface area contributed by atoms with Crippen LogP contribution in [0.5, 0.6) is 11.5 Å². The van der Waals surface area contributed by atoms with E-state index in [4.69, 9.17) is 9.47 Å². The van der Waals surface area contributed by atoms with Crippen molar-refractivity contribution in [1.82, 2.24) is 4.31 Å². The van der Waals surface area contributed by atoms with Gasteiger partial charge in [0.05, 0.1) is 11.5 Å². The Labute approximate surface area is 194 Å². The van der Waals surface area contributed by atoms with Gasteiger partial charge in [-0.2, -0.15) is 4.31 Å². The molecule has 1 heterocycles. The summed E-state index contributed by atoms with van der Waals surface area (Å²) in [6.07, 6.45) is 3.72. The molecule has 2 aromatic rings. The lowest BCUT2D eigenvalue weighted by molar-refractivity contribution is -0.118. The third-order valence-corrected chi connectivity index (χ3v) is 8.13. The second-order valence-corrected chi connectivity index (χ2v) is 11.6. The lowest BCUT2D eigenvalue weighted by Gasteiger charge is -2.27. The Morgan fingerprint density at radius 3 is 2.24 bits per heavy atom. The number of sulfone groups is 1. The zero-order chi connectivity index (χ0) is 24.1. The third-order valence-electron chi connectivity index (χ3n) is 5.08. The standard InChI is InChI=1S/C22H28N2O7S2/c1-3-30-20-12-7-17(15-21(20)33(28,29)24-13-5-4-6-14-24)23-22(25)16-31-18-8-10-19(11-9-18)32(2,26)27/h7-12,15H,3-6,13-14,16H2,1-2H3,(H,23,25). The van der Waals surface area contributed by atoms with E-state index in [1.165, 1.54) is 40.7 Å². The highest BCUT2D eigenvalue weighted by Gasteiger charge is 2.29. The van der Waals surface area contributed by atoms with Crippen molar-refractivity contribution in [2.75, 3.05) is 37.9 Å². The average molecular weight is 497 g/mol. The van der Waals surface area contributed by atoms with E-state index in [0.717, 1.165) is 25.5 Å². The lowest BCUT2D eigenvalue weighted by Crippen LogP contribution is -2.35. The molecule has 0 atom stereocenters. The van der Waals surface area contributed by atoms with Gasteiger partial charge in [0, 0.05) is 25.0 Å². The predicted molar refractivity (Wildman–Crippen MR) is 124 cm³/mol. The Balaban J connectivity index is 1.71. The smallest absolute Gasteiger partial charge is 0.262 e. The molecular formula is C22H28N2O7S2. The molecule has 1 aliphatic rings. The van der Waals surface area contributed by atoms with E-state index >= 15 is 0 Å². The Hall–Kier alpha value is -2.63. The number of benzene rings is 2. The molecule has 33 heavy (non-hydrogen) atoms. The van der Waals surface area contributed by atoms with Crippen LogP contribution in [-0.2, 0) is 24.7 Å². The van der Waals surface area contributed by atoms with Crippen molar-refractivity contribution in [2.24, 2.45) is 0 Å². The van der Waals surface area contributed by atoms with E-state index < -0.39 is 25.8 Å². The van der Waals surface area contributed by atoms with E-state index in [2.05, 4.69) is 5.32 Å². The molecule has 1 aliphatic heterocycles. The highest BCUT2D eigenvalue weighted by molar-refractivity contribution is 7.90. The highest BCUT2D eigenvalue weighted by Crippen LogP contribution is 2.31. The van der Waals surface area contributed by atoms with Crippen LogP contribution >= 0.6 is 0 Å². The maximum absolute atomic E-state index is 13.2. The van der Waals surface area contributed by atoms with Crippen molar-refractivity contribution in [3.8, 4) is 11.5 Å². The van der Waals surface area contributed by atoms with Gasteiger partial charge in [0.25, 0.3) is 5.91 Å². The summed E-state index contributed by atoms with van der Waals surface area (Å²) in [6.45, 7) is 2.65. The van der Waals surface area contributed by atoms with Crippen molar-refractivity contribution in [3.63, 3.8) is 0 Å². The predicted octanol–water partition coefficient (Wildman–Crippen LogP) is 2.68. The maximum Gasteiger partial charge on any atom is 0.262 e. The van der Waals surface area contributed by atoms with Crippen LogP contribution in [0.2, 0.25) is 0 Å². The molecule has 1 fully saturated rings. The zero-order valence-electron chi connectivity index (χ0n) is 18.6. The molecule has 0 bridgehead atoms. The van der Waals surface area contributed by atoms with Crippen LogP contribution in [0.25, 0.3) is 0 Å². The number of carbonyl (C=O) groups is 1. The fraction of sp³-hybridized carbons (Fsp3) is 0.409. The van der Waals surface area contributed by atoms with Gasteiger partial charge in [-0.15, -0.1) is 0 Å². The first kappa shape index (κ1) is 25.0. The Morgan fingerprint density at radius 2 is 1.64 bits per heavy atom. The molecule has 0 spiro atoms. The van der Waals surface area contributed by atoms with Crippen LogP contribution in [0, 0.1) is 0 Å². The molecule has 11 heteroatoms. The first-order valence-electron chi connectivity index (χ1n) is 10.6. The second-order valence-electron chi connectivity index (χ2n) is 7.64. The average Bonchev–Trinajstić information content (AvgIpc) is 2.79. The first-order valence-corrected chi connectivity index (χ1v) is 13.9. The molecule has 1 saturated heterocycles. The molecular weight excluding hydrogens is 468 g/mol. The molecule has 0 aromatic heterocycles. The third kappa shape index (κ3) is 6.46. The van der Waals surface area contributed by atoms with E-state index in [1.54, 1.807) is 13.0 Å². The molecule has 1 amide bonds. The van der Waals surface area contributed by atoms with E-state index in [9.17, 15) is 21.6 Å². The summed E-state index contributed by atoms with van der Waals surface area (Å²) in [6, 6.07) is 10.2. The first-order chi connectivity index (χ1) is 15.6. The Kier molecular flexibility index (Phi) is 7.98. The Morgan fingerprint density at radius 1 is 0.970 bits per heavy atom. The van der Waals surface area contributed by atoms with Gasteiger partial charge in [-0.3, -0.25) is 4.79 Å². The quantitative estimate of drug-likeness (QED) is 0.567. The van der Waals surface area contributed by atoms with Crippen LogP contribution < -0.4 is 14.8 Å². The number of nitrogens with zero attached hydrogens (tertiary/aromatic N) is 1. The number of sulfonamides is 1. The minimum absolute atomic E-state index is 0.0151. The number of amides is 1. The molecule has 0 radical (unpaired) electrons. The summed E-state index contributed by atoms with van der Waals surface area (Å²) in [5, 5.41) is 2.63. The van der Waals surface area contributed by atoms with Gasteiger partial charge in [-0.1, -0.05) is 6.42 Å². The lowest BCUT2D eigenvalue weighted by atomic mass is 10.2. The number of piperidine rings is 1. The molecule has 9 nitrogen and oxygen atoms in total. The molecule has 2 aromatic carbocycles. The summed E-state index contributed by atoms with van der Waals surface area (Å²) in [7, 11) is -7.09. The van der Waals surface area contributed by atoms with Gasteiger partial charge >= 0.3 is 0 Å². The number of rotatable bonds is 9. The van der Waals surface area contributed by atoms with Crippen LogP contribution in [-0.4, -0.2) is 59.6 Å². The maximum atomic E-state index is 13.2. The molecule has 0 aliphatic carbocycles. The van der Waals surface area contributed by atoms with Crippen molar-refractivity contribution >= 4 is 31.5 Å². The van der Waals surface area contributed by atoms with Gasteiger partial charge < -0.3 is 14.8 Å². The van der Waals surface area contributed by atoms with Crippen molar-refractivity contribution < 1.29 is 31.1 Å². The minimum Gasteiger partial charge on any atom is -0.492 e. The van der Waals surface area contributed by atoms with Gasteiger partial charge in [0.2, 0.25) is 10.0 Å². The van der Waals surface area contributed by atoms with E-state index in [1.807, 2.05) is 0 Å². The molecule has 0 saturated carbocycles. The van der Waals surface area contributed by atoms with Crippen LogP contribution in [0.1, 0.15) is 26.2 Å². The van der Waals surface area contributed by atoms with Gasteiger partial charge in [0.15, 0.2) is 16.4 Å². The highest BCUT2D eigenvalue weighted by atomic mass is 32.2. The summed E-state index contributed by atoms with van der Waals surface area (Å²) in [5.41, 5.74) is 0.301. The SMILES string of the molecule is CCOc1ccc(NC(=O)COc2ccc(S(C)(=O)=O)cc2)cc1S(=O)(=O)N1CCCCC1. The minimum atomic E-state index is -3.77. The normalized spacial score (nSPS) is 15.1. The van der Waals surface area contributed by atoms with Crippen molar-refractivity contribution in [3.05, 3.63) is 42.5 Å². The van der Waals surface area contributed by atoms with Crippen LogP contribution in [0.3, 0.4) is 0 Å². The summed E-state index contributed by atoms with van der Waals surface area (Å²) in [5.74, 6) is 0.0774. The molecule has 180 valence electrons. The van der Waals surface area contributed by atoms with Crippen molar-refractivity contribution in [2.45, 2.75) is 36.0 Å². The summed E-state index contributed by atoms with van der Waals surface area (Å²) in [4.78, 5) is 12.5. The summed E-state index contributed by atoms with van der Waals surface area (Å²) >= 11 is 0. The van der Waals surface area contributed by atoms with Crippen LogP contribution in [0.15, 0.2) is 52.3 Å². The fourth-order valence-corrected chi connectivity index (χ4v) is 5.74. The number of carbonyl (C=O) groups excluding carboxylic acids is 1. The number of nitrogens with one attached hydrogen (secondary N) is 1. The van der Waals surface area contributed by atoms with Gasteiger partial charge in [0.1, 0.15) is 16.4 Å². The van der Waals surface area contributed by atoms with E-state index in [0.29, 0.717) is 31.1 Å². The number of anilines is 1. The molecule has 3 rings (SSSR count). The molecule has 0 unspecified atom stereocenters. The molecule has 1 N–H and O–H groups in total. The van der Waals surface area contributed by atoms with Gasteiger partial charge in [-0.25, -0.2) is 16.8 Å². The van der Waals surface area contributed by atoms with Crippen LogP contribution in [0.4, 0.5) is 5.69 Å². The fourth-order valence-electron chi connectivity index (χ4n) is 3.44. The summed E-state index contributed by atoms with van der Waals surface area (Å²) < 4.78 is 61.8. The topological polar surface area (TPSA) is 119 Å². The number of hydrogen-bond donors (Lipinski definition) is 1. The van der Waals surface area contributed by atoms with Crippen molar-refractivity contribution in [1.29, 1.82) is 0 Å².